The molecule has 6 nitrogen and oxygen atoms in total. The zero-order valence-electron chi connectivity index (χ0n) is 15.4. The number of anilines is 1. The van der Waals surface area contributed by atoms with Crippen molar-refractivity contribution in [1.29, 1.82) is 0 Å². The second kappa shape index (κ2) is 8.14. The number of benzene rings is 1. The topological polar surface area (TPSA) is 75.2 Å². The molecule has 2 heterocycles. The van der Waals surface area contributed by atoms with E-state index in [1.54, 1.807) is 10.4 Å². The molecule has 140 valence electrons. The molecule has 1 aromatic heterocycles. The summed E-state index contributed by atoms with van der Waals surface area (Å²) >= 11 is 0. The van der Waals surface area contributed by atoms with Gasteiger partial charge in [0.2, 0.25) is 10.0 Å². The predicted molar refractivity (Wildman–Crippen MR) is 104 cm³/mol. The van der Waals surface area contributed by atoms with Crippen molar-refractivity contribution in [2.75, 3.05) is 25.0 Å². The lowest BCUT2D eigenvalue weighted by molar-refractivity contribution is 0.346. The average Bonchev–Trinajstić information content (AvgIpc) is 2.68. The number of hydrogen-bond acceptors (Lipinski definition) is 5. The van der Waals surface area contributed by atoms with Gasteiger partial charge in [-0.3, -0.25) is 0 Å². The Labute approximate surface area is 155 Å². The maximum absolute atomic E-state index is 13.0. The minimum absolute atomic E-state index is 0.367. The Kier molecular flexibility index (Phi) is 5.88. The molecule has 1 aliphatic rings. The average molecular weight is 375 g/mol. The second-order valence-corrected chi connectivity index (χ2v) is 8.58. The SMILES string of the molecule is CCCNc1ccc(-c2ccc(C)c(S(=O)(=O)N3CCCCC3)c2)nn1. The molecule has 0 aliphatic carbocycles. The first kappa shape index (κ1) is 18.8. The normalized spacial score (nSPS) is 15.8. The molecule has 1 saturated heterocycles. The largest absolute Gasteiger partial charge is 0.369 e. The lowest BCUT2D eigenvalue weighted by Crippen LogP contribution is -2.35. The third-order valence-corrected chi connectivity index (χ3v) is 6.68. The molecule has 2 aromatic rings. The van der Waals surface area contributed by atoms with E-state index in [4.69, 9.17) is 0 Å². The van der Waals surface area contributed by atoms with Crippen molar-refractivity contribution in [3.63, 3.8) is 0 Å². The zero-order chi connectivity index (χ0) is 18.6. The van der Waals surface area contributed by atoms with Gasteiger partial charge in [-0.25, -0.2) is 8.42 Å². The molecule has 0 bridgehead atoms. The lowest BCUT2D eigenvalue weighted by atomic mass is 10.1. The van der Waals surface area contributed by atoms with Gasteiger partial charge in [0, 0.05) is 25.2 Å². The fraction of sp³-hybridized carbons (Fsp3) is 0.474. The van der Waals surface area contributed by atoms with E-state index in [-0.39, 0.29) is 0 Å². The Balaban J connectivity index is 1.90. The number of nitrogens with zero attached hydrogens (tertiary/aromatic N) is 3. The number of aryl methyl sites for hydroxylation is 1. The number of hydrogen-bond donors (Lipinski definition) is 1. The van der Waals surface area contributed by atoms with Crippen LogP contribution in [0.2, 0.25) is 0 Å². The highest BCUT2D eigenvalue weighted by Gasteiger charge is 2.27. The van der Waals surface area contributed by atoms with Crippen molar-refractivity contribution in [1.82, 2.24) is 14.5 Å². The predicted octanol–water partition coefficient (Wildman–Crippen LogP) is 3.45. The van der Waals surface area contributed by atoms with Crippen molar-refractivity contribution < 1.29 is 8.42 Å². The minimum atomic E-state index is -3.47. The highest BCUT2D eigenvalue weighted by Crippen LogP contribution is 2.27. The Morgan fingerprint density at radius 3 is 2.50 bits per heavy atom. The number of piperidine rings is 1. The highest BCUT2D eigenvalue weighted by atomic mass is 32.2. The molecular weight excluding hydrogens is 348 g/mol. The van der Waals surface area contributed by atoms with Crippen LogP contribution in [-0.4, -0.2) is 42.6 Å². The molecule has 0 amide bonds. The van der Waals surface area contributed by atoms with Crippen LogP contribution in [0, 0.1) is 6.92 Å². The molecule has 26 heavy (non-hydrogen) atoms. The number of nitrogens with one attached hydrogen (secondary N) is 1. The molecule has 0 unspecified atom stereocenters. The molecule has 0 atom stereocenters. The van der Waals surface area contributed by atoms with Gasteiger partial charge in [-0.1, -0.05) is 25.5 Å². The third kappa shape index (κ3) is 4.04. The molecule has 1 aromatic carbocycles. The fourth-order valence-electron chi connectivity index (χ4n) is 3.12. The first-order valence-electron chi connectivity index (χ1n) is 9.21. The monoisotopic (exact) mass is 374 g/mol. The van der Waals surface area contributed by atoms with Gasteiger partial charge in [-0.05, 0) is 49.9 Å². The van der Waals surface area contributed by atoms with Crippen LogP contribution in [0.4, 0.5) is 5.82 Å². The molecule has 3 rings (SSSR count). The summed E-state index contributed by atoms with van der Waals surface area (Å²) in [5, 5.41) is 11.6. The van der Waals surface area contributed by atoms with Gasteiger partial charge in [0.25, 0.3) is 0 Å². The van der Waals surface area contributed by atoms with Gasteiger partial charge in [0.05, 0.1) is 10.6 Å². The smallest absolute Gasteiger partial charge is 0.243 e. The number of rotatable bonds is 6. The molecule has 7 heteroatoms. The van der Waals surface area contributed by atoms with Crippen molar-refractivity contribution in [3.05, 3.63) is 35.9 Å². The van der Waals surface area contributed by atoms with Gasteiger partial charge >= 0.3 is 0 Å². The van der Waals surface area contributed by atoms with Crippen molar-refractivity contribution in [3.8, 4) is 11.3 Å². The van der Waals surface area contributed by atoms with Gasteiger partial charge in [0.15, 0.2) is 0 Å². The molecule has 0 spiro atoms. The van der Waals surface area contributed by atoms with E-state index < -0.39 is 10.0 Å². The quantitative estimate of drug-likeness (QED) is 0.838. The summed E-state index contributed by atoms with van der Waals surface area (Å²) < 4.78 is 27.7. The van der Waals surface area contributed by atoms with Crippen LogP contribution in [-0.2, 0) is 10.0 Å². The fourth-order valence-corrected chi connectivity index (χ4v) is 4.88. The number of sulfonamides is 1. The summed E-state index contributed by atoms with van der Waals surface area (Å²) in [5.74, 6) is 0.726. The van der Waals surface area contributed by atoms with E-state index in [2.05, 4.69) is 22.4 Å². The van der Waals surface area contributed by atoms with E-state index in [0.29, 0.717) is 23.7 Å². The summed E-state index contributed by atoms with van der Waals surface area (Å²) in [6.07, 6.45) is 3.96. The van der Waals surface area contributed by atoms with Gasteiger partial charge < -0.3 is 5.32 Å². The maximum atomic E-state index is 13.0. The van der Waals surface area contributed by atoms with Crippen LogP contribution in [0.1, 0.15) is 38.2 Å². The van der Waals surface area contributed by atoms with E-state index >= 15 is 0 Å². The van der Waals surface area contributed by atoms with Crippen LogP contribution >= 0.6 is 0 Å². The Hall–Kier alpha value is -1.99. The highest BCUT2D eigenvalue weighted by molar-refractivity contribution is 7.89. The van der Waals surface area contributed by atoms with Crippen LogP contribution in [0.5, 0.6) is 0 Å². The van der Waals surface area contributed by atoms with Crippen molar-refractivity contribution in [2.24, 2.45) is 0 Å². The lowest BCUT2D eigenvalue weighted by Gasteiger charge is -2.26. The molecule has 1 N–H and O–H groups in total. The molecule has 1 fully saturated rings. The van der Waals surface area contributed by atoms with Crippen LogP contribution in [0.3, 0.4) is 0 Å². The standard InChI is InChI=1S/C19H26N4O2S/c1-3-11-20-19-10-9-17(21-22-19)16-8-7-15(2)18(14-16)26(24,25)23-12-5-4-6-13-23/h7-10,14H,3-6,11-13H2,1-2H3,(H,20,22). The van der Waals surface area contributed by atoms with Crippen LogP contribution in [0.15, 0.2) is 35.2 Å². The summed E-state index contributed by atoms with van der Waals surface area (Å²) in [5.41, 5.74) is 2.19. The van der Waals surface area contributed by atoms with Crippen LogP contribution < -0.4 is 5.32 Å². The Morgan fingerprint density at radius 2 is 1.85 bits per heavy atom. The Morgan fingerprint density at radius 1 is 1.08 bits per heavy atom. The van der Waals surface area contributed by atoms with Crippen LogP contribution in [0.25, 0.3) is 11.3 Å². The van der Waals surface area contributed by atoms with Gasteiger partial charge in [0.1, 0.15) is 5.82 Å². The van der Waals surface area contributed by atoms with Gasteiger partial charge in [-0.2, -0.15) is 4.31 Å². The van der Waals surface area contributed by atoms with E-state index in [9.17, 15) is 8.42 Å². The van der Waals surface area contributed by atoms with E-state index in [1.807, 2.05) is 31.2 Å². The summed E-state index contributed by atoms with van der Waals surface area (Å²) in [6, 6.07) is 9.21. The van der Waals surface area contributed by atoms with Crippen molar-refractivity contribution in [2.45, 2.75) is 44.4 Å². The minimum Gasteiger partial charge on any atom is -0.369 e. The van der Waals surface area contributed by atoms with E-state index in [0.717, 1.165) is 49.2 Å². The molecular formula is C19H26N4O2S. The van der Waals surface area contributed by atoms with Gasteiger partial charge in [-0.15, -0.1) is 10.2 Å². The second-order valence-electron chi connectivity index (χ2n) is 6.68. The van der Waals surface area contributed by atoms with Crippen molar-refractivity contribution >= 4 is 15.8 Å². The Bertz CT molecular complexity index is 844. The summed E-state index contributed by atoms with van der Waals surface area (Å²) in [6.45, 7) is 5.97. The molecule has 0 saturated carbocycles. The van der Waals surface area contributed by atoms with E-state index in [1.165, 1.54) is 0 Å². The first-order valence-corrected chi connectivity index (χ1v) is 10.6. The zero-order valence-corrected chi connectivity index (χ0v) is 16.2. The first-order chi connectivity index (χ1) is 12.5. The summed E-state index contributed by atoms with van der Waals surface area (Å²) in [7, 11) is -3.47. The maximum Gasteiger partial charge on any atom is 0.243 e. The third-order valence-electron chi connectivity index (χ3n) is 4.64. The molecule has 1 aliphatic heterocycles. The summed E-state index contributed by atoms with van der Waals surface area (Å²) in [4.78, 5) is 0.367. The molecule has 0 radical (unpaired) electrons. The number of aromatic nitrogens is 2.